The number of nitrogens with zero attached hydrogens (tertiary/aromatic N) is 1. The van der Waals surface area contributed by atoms with E-state index in [4.69, 9.17) is 5.11 Å². The number of carboxylic acid groups (broad SMARTS) is 1. The van der Waals surface area contributed by atoms with Gasteiger partial charge in [-0.1, -0.05) is 30.3 Å². The van der Waals surface area contributed by atoms with Crippen molar-refractivity contribution in [3.63, 3.8) is 0 Å². The number of hydrogen-bond acceptors (Lipinski definition) is 2. The van der Waals surface area contributed by atoms with Gasteiger partial charge in [0.05, 0.1) is 6.04 Å². The first-order chi connectivity index (χ1) is 8.16. The first-order valence-corrected chi connectivity index (χ1v) is 5.43. The Morgan fingerprint density at radius 1 is 1.35 bits per heavy atom. The average molecular weight is 231 g/mol. The van der Waals surface area contributed by atoms with Gasteiger partial charge in [0.1, 0.15) is 0 Å². The molecule has 1 aromatic rings. The molecule has 4 nitrogen and oxygen atoms in total. The van der Waals surface area contributed by atoms with Crippen molar-refractivity contribution < 1.29 is 14.7 Å². The third-order valence-corrected chi connectivity index (χ3v) is 2.79. The lowest BCUT2D eigenvalue weighted by Gasteiger charge is -2.28. The smallest absolute Gasteiger partial charge is 0.411 e. The maximum atomic E-state index is 11.3. The molecule has 1 aromatic carbocycles. The minimum absolute atomic E-state index is 0.0246. The van der Waals surface area contributed by atoms with Crippen molar-refractivity contribution in [2.75, 3.05) is 0 Å². The van der Waals surface area contributed by atoms with Crippen LogP contribution in [0, 0.1) is 0 Å². The summed E-state index contributed by atoms with van der Waals surface area (Å²) in [7, 11) is 0. The molecule has 88 valence electrons. The average Bonchev–Trinajstić information content (AvgIpc) is 2.30. The van der Waals surface area contributed by atoms with Crippen LogP contribution in [0.25, 0.3) is 0 Å². The Hall–Kier alpha value is -2.10. The molecule has 0 bridgehead atoms. The van der Waals surface area contributed by atoms with Gasteiger partial charge in [0, 0.05) is 12.6 Å². The van der Waals surface area contributed by atoms with Gasteiger partial charge < -0.3 is 5.11 Å². The molecular formula is C13H13NO3. The van der Waals surface area contributed by atoms with E-state index >= 15 is 0 Å². The van der Waals surface area contributed by atoms with Crippen LogP contribution < -0.4 is 0 Å². The summed E-state index contributed by atoms with van der Waals surface area (Å²) in [4.78, 5) is 23.6. The monoisotopic (exact) mass is 231 g/mol. The molecule has 17 heavy (non-hydrogen) atoms. The summed E-state index contributed by atoms with van der Waals surface area (Å²) in [5.41, 5.74) is 1.03. The van der Waals surface area contributed by atoms with Crippen molar-refractivity contribution in [1.82, 2.24) is 4.90 Å². The molecule has 0 saturated heterocycles. The number of carbonyl (C=O) groups excluding carboxylic acids is 1. The third kappa shape index (κ3) is 2.72. The summed E-state index contributed by atoms with van der Waals surface area (Å²) in [6.45, 7) is 0. The summed E-state index contributed by atoms with van der Waals surface area (Å²) in [5, 5.41) is 9.04. The number of hydrogen-bond donors (Lipinski definition) is 1. The number of carbonyl (C=O) groups is 2. The Bertz CT molecular complexity index is 453. The molecule has 0 fully saturated rings. The molecule has 0 spiro atoms. The summed E-state index contributed by atoms with van der Waals surface area (Å²) < 4.78 is 0. The van der Waals surface area contributed by atoms with Crippen molar-refractivity contribution in [3.8, 4) is 0 Å². The van der Waals surface area contributed by atoms with E-state index in [1.807, 2.05) is 30.3 Å². The predicted octanol–water partition coefficient (Wildman–Crippen LogP) is 2.06. The molecule has 1 atom stereocenters. The van der Waals surface area contributed by atoms with Gasteiger partial charge >= 0.3 is 6.09 Å². The van der Waals surface area contributed by atoms with Crippen molar-refractivity contribution in [2.45, 2.75) is 18.9 Å². The van der Waals surface area contributed by atoms with Crippen LogP contribution in [0.1, 0.15) is 12.0 Å². The van der Waals surface area contributed by atoms with E-state index in [0.717, 1.165) is 5.56 Å². The fraction of sp³-hybridized carbons (Fsp3) is 0.231. The van der Waals surface area contributed by atoms with Crippen LogP contribution in [-0.2, 0) is 11.2 Å². The number of rotatable bonds is 2. The van der Waals surface area contributed by atoms with Crippen LogP contribution in [0.2, 0.25) is 0 Å². The van der Waals surface area contributed by atoms with Crippen LogP contribution in [0.3, 0.4) is 0 Å². The van der Waals surface area contributed by atoms with E-state index in [1.165, 1.54) is 17.2 Å². The molecule has 0 aromatic heterocycles. The first kappa shape index (κ1) is 11.4. The van der Waals surface area contributed by atoms with Crippen molar-refractivity contribution in [2.24, 2.45) is 0 Å². The van der Waals surface area contributed by atoms with E-state index in [1.54, 1.807) is 0 Å². The highest BCUT2D eigenvalue weighted by Crippen LogP contribution is 2.17. The van der Waals surface area contributed by atoms with Crippen LogP contribution in [0.5, 0.6) is 0 Å². The van der Waals surface area contributed by atoms with E-state index in [0.29, 0.717) is 6.42 Å². The maximum absolute atomic E-state index is 11.3. The Kier molecular flexibility index (Phi) is 3.23. The van der Waals surface area contributed by atoms with Crippen LogP contribution in [-0.4, -0.2) is 27.9 Å². The van der Waals surface area contributed by atoms with Crippen molar-refractivity contribution in [1.29, 1.82) is 0 Å². The molecule has 4 heteroatoms. The molecule has 1 unspecified atom stereocenters. The first-order valence-electron chi connectivity index (χ1n) is 5.43. The lowest BCUT2D eigenvalue weighted by atomic mass is 9.98. The second-order valence-corrected chi connectivity index (χ2v) is 4.02. The second-order valence-electron chi connectivity index (χ2n) is 4.02. The Morgan fingerprint density at radius 2 is 2.06 bits per heavy atom. The number of amides is 1. The topological polar surface area (TPSA) is 57.6 Å². The van der Waals surface area contributed by atoms with Gasteiger partial charge in [0.25, 0.3) is 0 Å². The van der Waals surface area contributed by atoms with Gasteiger partial charge in [0.15, 0.2) is 5.78 Å². The van der Waals surface area contributed by atoms with Gasteiger partial charge in [-0.15, -0.1) is 0 Å². The zero-order valence-corrected chi connectivity index (χ0v) is 9.24. The van der Waals surface area contributed by atoms with E-state index < -0.39 is 6.09 Å². The molecule has 1 amide bonds. The van der Waals surface area contributed by atoms with Crippen molar-refractivity contribution in [3.05, 3.63) is 48.2 Å². The molecular weight excluding hydrogens is 218 g/mol. The SMILES string of the molecule is O=C1C=CN(C(=O)O)C(Cc2ccccc2)C1. The predicted molar refractivity (Wildman–Crippen MR) is 62.6 cm³/mol. The van der Waals surface area contributed by atoms with Gasteiger partial charge in [0.2, 0.25) is 0 Å². The van der Waals surface area contributed by atoms with Gasteiger partial charge in [-0.3, -0.25) is 9.69 Å². The largest absolute Gasteiger partial charge is 0.465 e. The molecule has 1 aliphatic rings. The molecule has 0 radical (unpaired) electrons. The highest BCUT2D eigenvalue weighted by molar-refractivity contribution is 5.92. The Balaban J connectivity index is 2.15. The van der Waals surface area contributed by atoms with Gasteiger partial charge in [-0.2, -0.15) is 0 Å². The highest BCUT2D eigenvalue weighted by Gasteiger charge is 2.26. The summed E-state index contributed by atoms with van der Waals surface area (Å²) in [6, 6.07) is 9.28. The number of benzene rings is 1. The highest BCUT2D eigenvalue weighted by atomic mass is 16.4. The fourth-order valence-corrected chi connectivity index (χ4v) is 1.96. The molecule has 1 aliphatic heterocycles. The number of ketones is 1. The quantitative estimate of drug-likeness (QED) is 0.847. The van der Waals surface area contributed by atoms with E-state index in [9.17, 15) is 9.59 Å². The standard InChI is InChI=1S/C13H13NO3/c15-12-6-7-14(13(16)17)11(9-12)8-10-4-2-1-3-5-10/h1-7,11H,8-9H2,(H,16,17). The molecule has 2 rings (SSSR count). The van der Waals surface area contributed by atoms with Crippen LogP contribution in [0.4, 0.5) is 4.79 Å². The maximum Gasteiger partial charge on any atom is 0.411 e. The number of allylic oxidation sites excluding steroid dienone is 1. The minimum atomic E-state index is -1.02. The summed E-state index contributed by atoms with van der Waals surface area (Å²) in [6.07, 6.45) is 2.45. The van der Waals surface area contributed by atoms with E-state index in [2.05, 4.69) is 0 Å². The Morgan fingerprint density at radius 3 is 2.71 bits per heavy atom. The Labute approximate surface area is 99.2 Å². The minimum Gasteiger partial charge on any atom is -0.465 e. The van der Waals surface area contributed by atoms with Gasteiger partial charge in [-0.05, 0) is 18.1 Å². The third-order valence-electron chi connectivity index (χ3n) is 2.79. The molecule has 0 saturated carbocycles. The lowest BCUT2D eigenvalue weighted by Crippen LogP contribution is -2.40. The van der Waals surface area contributed by atoms with E-state index in [-0.39, 0.29) is 18.2 Å². The summed E-state index contributed by atoms with van der Waals surface area (Å²) >= 11 is 0. The lowest BCUT2D eigenvalue weighted by molar-refractivity contribution is -0.116. The normalized spacial score (nSPS) is 19.4. The molecule has 0 aliphatic carbocycles. The fourth-order valence-electron chi connectivity index (χ4n) is 1.96. The van der Waals surface area contributed by atoms with Crippen LogP contribution in [0.15, 0.2) is 42.6 Å². The zero-order chi connectivity index (χ0) is 12.3. The molecule has 1 heterocycles. The van der Waals surface area contributed by atoms with Crippen LogP contribution >= 0.6 is 0 Å². The molecule has 1 N–H and O–H groups in total. The van der Waals surface area contributed by atoms with Crippen molar-refractivity contribution >= 4 is 11.9 Å². The summed E-state index contributed by atoms with van der Waals surface area (Å²) in [5.74, 6) is -0.0246. The van der Waals surface area contributed by atoms with Gasteiger partial charge in [-0.25, -0.2) is 4.79 Å². The second kappa shape index (κ2) is 4.82. The zero-order valence-electron chi connectivity index (χ0n) is 9.24.